The van der Waals surface area contributed by atoms with E-state index in [1.54, 1.807) is 6.92 Å². The van der Waals surface area contributed by atoms with Gasteiger partial charge in [0.2, 0.25) is 0 Å². The van der Waals surface area contributed by atoms with E-state index < -0.39 is 11.5 Å². The monoisotopic (exact) mass is 191 g/mol. The van der Waals surface area contributed by atoms with Gasteiger partial charge in [0.05, 0.1) is 0 Å². The van der Waals surface area contributed by atoms with E-state index in [2.05, 4.69) is 5.32 Å². The number of anilines is 1. The highest BCUT2D eigenvalue weighted by Gasteiger charge is 2.39. The first-order valence-corrected chi connectivity index (χ1v) is 4.63. The van der Waals surface area contributed by atoms with Crippen molar-refractivity contribution in [3.63, 3.8) is 0 Å². The molecular weight excluding hydrogens is 178 g/mol. The predicted molar refractivity (Wildman–Crippen MR) is 54.5 cm³/mol. The molecule has 74 valence electrons. The van der Waals surface area contributed by atoms with Gasteiger partial charge in [-0.1, -0.05) is 12.1 Å². The second-order valence-corrected chi connectivity index (χ2v) is 4.04. The normalized spacial score (nSPS) is 24.1. The fraction of sp³-hybridized carbons (Fsp3) is 0.364. The summed E-state index contributed by atoms with van der Waals surface area (Å²) in [5.41, 5.74) is 2.39. The number of hydrogen-bond donors (Lipinski definition) is 2. The molecule has 1 heterocycles. The Balaban J connectivity index is 2.44. The molecule has 0 aromatic heterocycles. The molecule has 1 atom stereocenters. The maximum atomic E-state index is 11.0. The van der Waals surface area contributed by atoms with Gasteiger partial charge in [-0.3, -0.25) is 0 Å². The Morgan fingerprint density at radius 3 is 2.86 bits per heavy atom. The summed E-state index contributed by atoms with van der Waals surface area (Å²) in [6.45, 7) is 3.73. The minimum atomic E-state index is -0.839. The van der Waals surface area contributed by atoms with Gasteiger partial charge in [0.25, 0.3) is 0 Å². The standard InChI is InChI=1S/C11H13NO2/c1-7-4-3-5-9-8(7)6-11(2,12-9)10(13)14/h3-5,12H,6H2,1-2H3,(H,13,14). The molecule has 0 bridgehead atoms. The van der Waals surface area contributed by atoms with E-state index in [9.17, 15) is 4.79 Å². The van der Waals surface area contributed by atoms with Crippen molar-refractivity contribution in [1.82, 2.24) is 0 Å². The molecule has 14 heavy (non-hydrogen) atoms. The Morgan fingerprint density at radius 1 is 1.57 bits per heavy atom. The Bertz CT molecular complexity index is 400. The van der Waals surface area contributed by atoms with Crippen molar-refractivity contribution in [2.45, 2.75) is 25.8 Å². The fourth-order valence-corrected chi connectivity index (χ4v) is 1.88. The molecule has 0 saturated carbocycles. The van der Waals surface area contributed by atoms with Gasteiger partial charge < -0.3 is 10.4 Å². The van der Waals surface area contributed by atoms with Gasteiger partial charge in [0, 0.05) is 12.1 Å². The summed E-state index contributed by atoms with van der Waals surface area (Å²) in [6.07, 6.45) is 0.560. The molecule has 1 aliphatic heterocycles. The highest BCUT2D eigenvalue weighted by atomic mass is 16.4. The number of aryl methyl sites for hydroxylation is 1. The number of carboxylic acid groups (broad SMARTS) is 1. The molecule has 3 nitrogen and oxygen atoms in total. The maximum Gasteiger partial charge on any atom is 0.329 e. The van der Waals surface area contributed by atoms with E-state index in [4.69, 9.17) is 5.11 Å². The van der Waals surface area contributed by atoms with Crippen LogP contribution in [-0.2, 0) is 11.2 Å². The first-order valence-electron chi connectivity index (χ1n) is 4.63. The Morgan fingerprint density at radius 2 is 2.29 bits per heavy atom. The second-order valence-electron chi connectivity index (χ2n) is 4.04. The van der Waals surface area contributed by atoms with Crippen molar-refractivity contribution < 1.29 is 9.90 Å². The zero-order valence-electron chi connectivity index (χ0n) is 8.29. The Labute approximate surface area is 82.8 Å². The first-order chi connectivity index (χ1) is 6.53. The van der Waals surface area contributed by atoms with Crippen molar-refractivity contribution in [1.29, 1.82) is 0 Å². The molecule has 0 saturated heterocycles. The first kappa shape index (κ1) is 9.06. The number of rotatable bonds is 1. The SMILES string of the molecule is Cc1cccc2c1CC(C)(C(=O)O)N2. The zero-order chi connectivity index (χ0) is 10.3. The number of aliphatic carboxylic acids is 1. The van der Waals surface area contributed by atoms with Crippen LogP contribution in [0, 0.1) is 6.92 Å². The molecule has 0 fully saturated rings. The predicted octanol–water partition coefficient (Wildman–Crippen LogP) is 1.81. The molecule has 0 spiro atoms. The molecule has 0 radical (unpaired) electrons. The maximum absolute atomic E-state index is 11.0. The summed E-state index contributed by atoms with van der Waals surface area (Å²) in [4.78, 5) is 11.0. The lowest BCUT2D eigenvalue weighted by atomic mass is 9.96. The lowest BCUT2D eigenvalue weighted by Crippen LogP contribution is -2.41. The Hall–Kier alpha value is -1.51. The molecule has 0 aliphatic carbocycles. The molecule has 0 amide bonds. The molecule has 1 aromatic carbocycles. The van der Waals surface area contributed by atoms with Crippen LogP contribution in [0.5, 0.6) is 0 Å². The molecular formula is C11H13NO2. The van der Waals surface area contributed by atoms with Gasteiger partial charge in [0.1, 0.15) is 5.54 Å². The van der Waals surface area contributed by atoms with Crippen molar-refractivity contribution >= 4 is 11.7 Å². The summed E-state index contributed by atoms with van der Waals surface area (Å²) >= 11 is 0. The third-order valence-corrected chi connectivity index (χ3v) is 2.82. The number of benzene rings is 1. The summed E-state index contributed by atoms with van der Waals surface area (Å²) in [7, 11) is 0. The molecule has 1 aliphatic rings. The van der Waals surface area contributed by atoms with Crippen molar-refractivity contribution in [3.8, 4) is 0 Å². The van der Waals surface area contributed by atoms with E-state index >= 15 is 0 Å². The molecule has 2 N–H and O–H groups in total. The number of fused-ring (bicyclic) bond motifs is 1. The number of hydrogen-bond acceptors (Lipinski definition) is 2. The van der Waals surface area contributed by atoms with Crippen LogP contribution < -0.4 is 5.32 Å². The minimum Gasteiger partial charge on any atom is -0.480 e. The number of carbonyl (C=O) groups is 1. The van der Waals surface area contributed by atoms with E-state index in [-0.39, 0.29) is 0 Å². The van der Waals surface area contributed by atoms with Crippen LogP contribution in [0.3, 0.4) is 0 Å². The van der Waals surface area contributed by atoms with Crippen molar-refractivity contribution in [2.24, 2.45) is 0 Å². The van der Waals surface area contributed by atoms with Crippen LogP contribution in [0.1, 0.15) is 18.1 Å². The molecule has 3 heteroatoms. The van der Waals surface area contributed by atoms with E-state index in [1.807, 2.05) is 25.1 Å². The van der Waals surface area contributed by atoms with Crippen LogP contribution in [0.2, 0.25) is 0 Å². The number of nitrogens with one attached hydrogen (secondary N) is 1. The molecule has 1 unspecified atom stereocenters. The third-order valence-electron chi connectivity index (χ3n) is 2.82. The van der Waals surface area contributed by atoms with Crippen LogP contribution in [0.15, 0.2) is 18.2 Å². The summed E-state index contributed by atoms with van der Waals surface area (Å²) in [5, 5.41) is 12.1. The minimum absolute atomic E-state index is 0.560. The van der Waals surface area contributed by atoms with Crippen LogP contribution >= 0.6 is 0 Å². The quantitative estimate of drug-likeness (QED) is 0.711. The molecule has 2 rings (SSSR count). The van der Waals surface area contributed by atoms with Crippen molar-refractivity contribution in [3.05, 3.63) is 29.3 Å². The van der Waals surface area contributed by atoms with E-state index in [1.165, 1.54) is 0 Å². The van der Waals surface area contributed by atoms with Crippen LogP contribution in [0.25, 0.3) is 0 Å². The van der Waals surface area contributed by atoms with E-state index in [0.717, 1.165) is 16.8 Å². The second kappa shape index (κ2) is 2.74. The fourth-order valence-electron chi connectivity index (χ4n) is 1.88. The lowest BCUT2D eigenvalue weighted by Gasteiger charge is -2.18. The van der Waals surface area contributed by atoms with Gasteiger partial charge in [0.15, 0.2) is 0 Å². The van der Waals surface area contributed by atoms with Gasteiger partial charge in [-0.05, 0) is 31.0 Å². The Kier molecular flexibility index (Phi) is 1.77. The smallest absolute Gasteiger partial charge is 0.329 e. The van der Waals surface area contributed by atoms with Crippen molar-refractivity contribution in [2.75, 3.05) is 5.32 Å². The summed E-state index contributed by atoms with van der Waals surface area (Å²) in [5.74, 6) is -0.798. The van der Waals surface area contributed by atoms with E-state index in [0.29, 0.717) is 6.42 Å². The van der Waals surface area contributed by atoms with Gasteiger partial charge in [-0.15, -0.1) is 0 Å². The average molecular weight is 191 g/mol. The topological polar surface area (TPSA) is 49.3 Å². The van der Waals surface area contributed by atoms with Crippen LogP contribution in [-0.4, -0.2) is 16.6 Å². The number of carboxylic acids is 1. The highest BCUT2D eigenvalue weighted by Crippen LogP contribution is 2.34. The van der Waals surface area contributed by atoms with Gasteiger partial charge in [-0.2, -0.15) is 0 Å². The largest absolute Gasteiger partial charge is 0.480 e. The summed E-state index contributed by atoms with van der Waals surface area (Å²) < 4.78 is 0. The van der Waals surface area contributed by atoms with Gasteiger partial charge >= 0.3 is 5.97 Å². The zero-order valence-corrected chi connectivity index (χ0v) is 8.29. The highest BCUT2D eigenvalue weighted by molar-refractivity contribution is 5.86. The molecule has 1 aromatic rings. The third kappa shape index (κ3) is 1.16. The van der Waals surface area contributed by atoms with Crippen LogP contribution in [0.4, 0.5) is 5.69 Å². The average Bonchev–Trinajstić information content (AvgIpc) is 2.45. The lowest BCUT2D eigenvalue weighted by molar-refractivity contribution is -0.141. The summed E-state index contributed by atoms with van der Waals surface area (Å²) in [6, 6.07) is 5.87. The van der Waals surface area contributed by atoms with Gasteiger partial charge in [-0.25, -0.2) is 4.79 Å².